The Balaban J connectivity index is 2.19. The fourth-order valence-electron chi connectivity index (χ4n) is 2.83. The first-order valence-electron chi connectivity index (χ1n) is 9.87. The third-order valence-corrected chi connectivity index (χ3v) is 4.54. The third kappa shape index (κ3) is 6.11. The van der Waals surface area contributed by atoms with Gasteiger partial charge in [0.1, 0.15) is 17.4 Å². The number of pyridine rings is 1. The van der Waals surface area contributed by atoms with E-state index in [2.05, 4.69) is 20.9 Å². The van der Waals surface area contributed by atoms with Gasteiger partial charge in [0.25, 0.3) is 17.4 Å². The molecule has 0 aromatic carbocycles. The second kappa shape index (κ2) is 10.9. The Kier molecular flexibility index (Phi) is 8.24. The molecular formula is C20H26N6O5. The molecule has 0 bridgehead atoms. The van der Waals surface area contributed by atoms with Crippen LogP contribution in [0.15, 0.2) is 35.6 Å². The van der Waals surface area contributed by atoms with Crippen molar-refractivity contribution >= 4 is 29.2 Å². The fourth-order valence-corrected chi connectivity index (χ4v) is 2.83. The lowest BCUT2D eigenvalue weighted by molar-refractivity contribution is -0.138. The summed E-state index contributed by atoms with van der Waals surface area (Å²) in [5, 5.41) is 7.45. The zero-order valence-corrected chi connectivity index (χ0v) is 17.7. The average Bonchev–Trinajstić information content (AvgIpc) is 3.18. The van der Waals surface area contributed by atoms with Gasteiger partial charge in [-0.15, -0.1) is 0 Å². The molecule has 2 heterocycles. The van der Waals surface area contributed by atoms with Gasteiger partial charge in [-0.05, 0) is 32.4 Å². The van der Waals surface area contributed by atoms with Crippen LogP contribution >= 0.6 is 0 Å². The minimum atomic E-state index is -1.16. The molecule has 11 nitrogen and oxygen atoms in total. The highest BCUT2D eigenvalue weighted by molar-refractivity contribution is 6.36. The lowest BCUT2D eigenvalue weighted by atomic mass is 10.1. The number of Topliss-reactive ketones (excluding diaryl/α,β-unsaturated/α-hetero) is 1. The van der Waals surface area contributed by atoms with E-state index in [9.17, 15) is 24.0 Å². The summed E-state index contributed by atoms with van der Waals surface area (Å²) in [6.45, 7) is 4.18. The smallest absolute Gasteiger partial charge is 0.287 e. The molecule has 3 N–H and O–H groups in total. The molecule has 1 atom stereocenters. The lowest BCUT2D eigenvalue weighted by Gasteiger charge is -2.18. The maximum atomic E-state index is 12.9. The van der Waals surface area contributed by atoms with Crippen LogP contribution in [0, 0.1) is 0 Å². The summed E-state index contributed by atoms with van der Waals surface area (Å²) in [6, 6.07) is 1.91. The topological polar surface area (TPSA) is 144 Å². The van der Waals surface area contributed by atoms with Crippen molar-refractivity contribution in [1.29, 1.82) is 0 Å². The number of aryl methyl sites for hydroxylation is 2. The number of imidazole rings is 1. The zero-order valence-electron chi connectivity index (χ0n) is 17.7. The summed E-state index contributed by atoms with van der Waals surface area (Å²) in [5.41, 5.74) is -0.140. The molecule has 0 spiro atoms. The number of rotatable bonds is 10. The first kappa shape index (κ1) is 23.5. The number of nitrogens with zero attached hydrogens (tertiary/aromatic N) is 3. The molecule has 2 aromatic heterocycles. The van der Waals surface area contributed by atoms with Gasteiger partial charge in [0.05, 0.1) is 12.5 Å². The summed E-state index contributed by atoms with van der Waals surface area (Å²) in [4.78, 5) is 65.3. The predicted octanol–water partition coefficient (Wildman–Crippen LogP) is -0.176. The highest BCUT2D eigenvalue weighted by atomic mass is 16.2. The van der Waals surface area contributed by atoms with Crippen molar-refractivity contribution in [3.63, 3.8) is 0 Å². The van der Waals surface area contributed by atoms with Crippen LogP contribution in [0.4, 0.5) is 5.69 Å². The summed E-state index contributed by atoms with van der Waals surface area (Å²) in [7, 11) is 1.62. The van der Waals surface area contributed by atoms with Crippen LogP contribution in [0.2, 0.25) is 0 Å². The van der Waals surface area contributed by atoms with E-state index in [1.54, 1.807) is 33.2 Å². The van der Waals surface area contributed by atoms with Crippen LogP contribution in [0.3, 0.4) is 0 Å². The number of amides is 3. The van der Waals surface area contributed by atoms with Crippen molar-refractivity contribution in [1.82, 2.24) is 24.8 Å². The van der Waals surface area contributed by atoms with Crippen molar-refractivity contribution in [2.75, 3.05) is 11.9 Å². The molecule has 31 heavy (non-hydrogen) atoms. The van der Waals surface area contributed by atoms with Crippen molar-refractivity contribution in [3.8, 4) is 0 Å². The van der Waals surface area contributed by atoms with E-state index in [4.69, 9.17) is 0 Å². The van der Waals surface area contributed by atoms with Gasteiger partial charge in [-0.25, -0.2) is 4.98 Å². The Morgan fingerprint density at radius 1 is 1.19 bits per heavy atom. The molecular weight excluding hydrogens is 404 g/mol. The highest BCUT2D eigenvalue weighted by Gasteiger charge is 2.25. The Morgan fingerprint density at radius 2 is 1.94 bits per heavy atom. The lowest BCUT2D eigenvalue weighted by Crippen LogP contribution is -2.45. The van der Waals surface area contributed by atoms with Crippen molar-refractivity contribution in [2.45, 2.75) is 39.3 Å². The minimum absolute atomic E-state index is 0.0455. The molecule has 2 rings (SSSR count). The van der Waals surface area contributed by atoms with Crippen molar-refractivity contribution in [2.24, 2.45) is 7.05 Å². The van der Waals surface area contributed by atoms with E-state index in [1.165, 1.54) is 27.7 Å². The summed E-state index contributed by atoms with van der Waals surface area (Å²) in [6.07, 6.45) is 3.97. The van der Waals surface area contributed by atoms with Crippen LogP contribution in [0.5, 0.6) is 0 Å². The molecule has 166 valence electrons. The minimum Gasteiger partial charge on any atom is -0.350 e. The fraction of sp³-hybridized carbons (Fsp3) is 0.400. The molecule has 0 aliphatic heterocycles. The molecule has 2 aromatic rings. The molecule has 0 saturated heterocycles. The molecule has 0 aliphatic rings. The van der Waals surface area contributed by atoms with Crippen LogP contribution in [0.25, 0.3) is 0 Å². The number of nitrogens with one attached hydrogen (secondary N) is 3. The standard InChI is InChI=1S/C20H26N6O5/c1-4-22-19(30)16(27)9-8-13(23-18(29)15-11-21-12-25(15)3)17(28)24-14-7-6-10-26(5-2)20(14)31/h6-7,10-13H,4-5,8-9H2,1-3H3,(H,22,30)(H,23,29)(H,24,28). The van der Waals surface area contributed by atoms with Crippen LogP contribution in [-0.2, 0) is 28.0 Å². The molecule has 0 radical (unpaired) electrons. The Labute approximate surface area is 178 Å². The van der Waals surface area contributed by atoms with E-state index in [0.29, 0.717) is 13.1 Å². The Hall–Kier alpha value is -3.76. The maximum Gasteiger partial charge on any atom is 0.287 e. The van der Waals surface area contributed by atoms with E-state index < -0.39 is 35.1 Å². The molecule has 0 fully saturated rings. The predicted molar refractivity (Wildman–Crippen MR) is 112 cm³/mol. The van der Waals surface area contributed by atoms with Gasteiger partial charge in [-0.1, -0.05) is 0 Å². The van der Waals surface area contributed by atoms with Gasteiger partial charge < -0.3 is 25.1 Å². The number of hydrogen-bond donors (Lipinski definition) is 3. The van der Waals surface area contributed by atoms with Crippen LogP contribution < -0.4 is 21.5 Å². The number of carbonyl (C=O) groups is 4. The first-order valence-corrected chi connectivity index (χ1v) is 9.87. The van der Waals surface area contributed by atoms with Gasteiger partial charge in [-0.3, -0.25) is 24.0 Å². The molecule has 3 amide bonds. The zero-order chi connectivity index (χ0) is 23.0. The van der Waals surface area contributed by atoms with Gasteiger partial charge in [0.15, 0.2) is 0 Å². The van der Waals surface area contributed by atoms with Crippen molar-refractivity contribution in [3.05, 3.63) is 46.9 Å². The average molecular weight is 430 g/mol. The Morgan fingerprint density at radius 3 is 2.55 bits per heavy atom. The number of hydrogen-bond acceptors (Lipinski definition) is 6. The highest BCUT2D eigenvalue weighted by Crippen LogP contribution is 2.07. The maximum absolute atomic E-state index is 12.9. The largest absolute Gasteiger partial charge is 0.350 e. The van der Waals surface area contributed by atoms with E-state index in [1.807, 2.05) is 0 Å². The SMILES string of the molecule is CCNC(=O)C(=O)CCC(NC(=O)c1cncn1C)C(=O)Nc1cccn(CC)c1=O. The quantitative estimate of drug-likeness (QED) is 0.446. The monoisotopic (exact) mass is 430 g/mol. The summed E-state index contributed by atoms with van der Waals surface area (Å²) in [5.74, 6) is -2.72. The van der Waals surface area contributed by atoms with E-state index >= 15 is 0 Å². The molecule has 11 heteroatoms. The van der Waals surface area contributed by atoms with Gasteiger partial charge >= 0.3 is 0 Å². The number of carbonyl (C=O) groups excluding carboxylic acids is 4. The molecule has 0 saturated carbocycles. The number of likely N-dealkylation sites (N-methyl/N-ethyl adjacent to an activating group) is 1. The van der Waals surface area contributed by atoms with Crippen LogP contribution in [-0.4, -0.2) is 50.2 Å². The van der Waals surface area contributed by atoms with Gasteiger partial charge in [0, 0.05) is 32.8 Å². The van der Waals surface area contributed by atoms with Crippen LogP contribution in [0.1, 0.15) is 37.2 Å². The normalized spacial score (nSPS) is 11.5. The molecule has 1 unspecified atom stereocenters. The first-order chi connectivity index (χ1) is 14.8. The van der Waals surface area contributed by atoms with E-state index in [0.717, 1.165) is 0 Å². The molecule has 0 aliphatic carbocycles. The number of aromatic nitrogens is 3. The van der Waals surface area contributed by atoms with Crippen molar-refractivity contribution < 1.29 is 19.2 Å². The second-order valence-electron chi connectivity index (χ2n) is 6.74. The number of ketones is 1. The summed E-state index contributed by atoms with van der Waals surface area (Å²) >= 11 is 0. The van der Waals surface area contributed by atoms with Gasteiger partial charge in [0.2, 0.25) is 11.7 Å². The Bertz CT molecular complexity index is 1030. The second-order valence-corrected chi connectivity index (χ2v) is 6.74. The summed E-state index contributed by atoms with van der Waals surface area (Å²) < 4.78 is 2.89. The number of anilines is 1. The van der Waals surface area contributed by atoms with E-state index in [-0.39, 0.29) is 24.2 Å². The third-order valence-electron chi connectivity index (χ3n) is 4.54. The van der Waals surface area contributed by atoms with Gasteiger partial charge in [-0.2, -0.15) is 0 Å².